The fourth-order valence-corrected chi connectivity index (χ4v) is 2.03. The summed E-state index contributed by atoms with van der Waals surface area (Å²) in [7, 11) is 1.68. The molecule has 0 saturated heterocycles. The van der Waals surface area contributed by atoms with Gasteiger partial charge in [-0.25, -0.2) is 4.98 Å². The number of nitrogens with zero attached hydrogens (tertiary/aromatic N) is 1. The quantitative estimate of drug-likeness (QED) is 0.841. The highest BCUT2D eigenvalue weighted by Crippen LogP contribution is 2.31. The third-order valence-corrected chi connectivity index (χ3v) is 3.15. The molecule has 2 unspecified atom stereocenters. The minimum Gasteiger partial charge on any atom is -0.496 e. The van der Waals surface area contributed by atoms with Crippen LogP contribution >= 0.6 is 0 Å². The summed E-state index contributed by atoms with van der Waals surface area (Å²) in [5.41, 5.74) is 5.80. The largest absolute Gasteiger partial charge is 0.496 e. The van der Waals surface area contributed by atoms with Crippen LogP contribution in [-0.4, -0.2) is 24.2 Å². The zero-order valence-corrected chi connectivity index (χ0v) is 9.68. The zero-order chi connectivity index (χ0) is 11.8. The minimum absolute atomic E-state index is 0.262. The molecule has 1 aromatic heterocycles. The predicted octanol–water partition coefficient (Wildman–Crippen LogP) is 1.75. The normalized spacial score (nSPS) is 22.5. The molecule has 1 fully saturated rings. The van der Waals surface area contributed by atoms with Crippen molar-refractivity contribution in [3.63, 3.8) is 0 Å². The number of nitrogens with two attached hydrogens (primary N) is 1. The van der Waals surface area contributed by atoms with E-state index < -0.39 is 0 Å². The number of rotatable bonds is 3. The highest BCUT2D eigenvalue weighted by molar-refractivity contribution is 5.96. The summed E-state index contributed by atoms with van der Waals surface area (Å²) in [6.45, 7) is 0. The van der Waals surface area contributed by atoms with Crippen molar-refractivity contribution < 1.29 is 4.74 Å². The maximum Gasteiger partial charge on any atom is 0.134 e. The van der Waals surface area contributed by atoms with Gasteiger partial charge in [0.05, 0.1) is 7.11 Å². The number of aromatic nitrogens is 1. The maximum atomic E-state index is 5.80. The first-order valence-corrected chi connectivity index (χ1v) is 5.73. The summed E-state index contributed by atoms with van der Waals surface area (Å²) >= 11 is 0. The third-order valence-electron chi connectivity index (χ3n) is 3.15. The molecule has 17 heavy (non-hydrogen) atoms. The van der Waals surface area contributed by atoms with Crippen LogP contribution in [0.3, 0.4) is 0 Å². The van der Waals surface area contributed by atoms with Crippen LogP contribution in [-0.2, 0) is 0 Å². The van der Waals surface area contributed by atoms with Gasteiger partial charge < -0.3 is 15.8 Å². The average Bonchev–Trinajstić information content (AvgIpc) is 3.04. The van der Waals surface area contributed by atoms with Crippen LogP contribution < -0.4 is 15.8 Å². The molecule has 3 N–H and O–H groups in total. The number of hydrogen-bond donors (Lipinski definition) is 2. The van der Waals surface area contributed by atoms with E-state index in [0.717, 1.165) is 28.8 Å². The number of fused-ring (bicyclic) bond motifs is 1. The SMILES string of the molecule is COc1cccc2c(NC3CC3N)nccc12. The van der Waals surface area contributed by atoms with Gasteiger partial charge in [0.15, 0.2) is 0 Å². The second-order valence-electron chi connectivity index (χ2n) is 4.37. The predicted molar refractivity (Wildman–Crippen MR) is 68.3 cm³/mol. The molecule has 3 rings (SSSR count). The standard InChI is InChI=1S/C13H15N3O/c1-17-12-4-2-3-9-8(12)5-6-15-13(9)16-11-7-10(11)14/h2-6,10-11H,7,14H2,1H3,(H,15,16). The van der Waals surface area contributed by atoms with Crippen LogP contribution in [0.1, 0.15) is 6.42 Å². The van der Waals surface area contributed by atoms with Gasteiger partial charge in [-0.2, -0.15) is 0 Å². The molecule has 0 bridgehead atoms. The Morgan fingerprint density at radius 3 is 2.88 bits per heavy atom. The van der Waals surface area contributed by atoms with Crippen molar-refractivity contribution >= 4 is 16.6 Å². The van der Waals surface area contributed by atoms with E-state index in [9.17, 15) is 0 Å². The summed E-state index contributed by atoms with van der Waals surface area (Å²) in [4.78, 5) is 4.37. The Morgan fingerprint density at radius 2 is 2.18 bits per heavy atom. The Balaban J connectivity index is 2.06. The van der Waals surface area contributed by atoms with E-state index in [1.807, 2.05) is 24.3 Å². The van der Waals surface area contributed by atoms with E-state index >= 15 is 0 Å². The van der Waals surface area contributed by atoms with Crippen molar-refractivity contribution in [2.24, 2.45) is 5.73 Å². The number of ether oxygens (including phenoxy) is 1. The van der Waals surface area contributed by atoms with Crippen LogP contribution in [0.5, 0.6) is 5.75 Å². The van der Waals surface area contributed by atoms with E-state index in [2.05, 4.69) is 10.3 Å². The first kappa shape index (κ1) is 10.4. The van der Waals surface area contributed by atoms with Gasteiger partial charge in [0.2, 0.25) is 0 Å². The fraction of sp³-hybridized carbons (Fsp3) is 0.308. The first-order valence-electron chi connectivity index (χ1n) is 5.73. The van der Waals surface area contributed by atoms with Crippen molar-refractivity contribution in [2.45, 2.75) is 18.5 Å². The van der Waals surface area contributed by atoms with Crippen molar-refractivity contribution in [3.8, 4) is 5.75 Å². The number of nitrogens with one attached hydrogen (secondary N) is 1. The van der Waals surface area contributed by atoms with E-state index in [1.54, 1.807) is 13.3 Å². The zero-order valence-electron chi connectivity index (χ0n) is 9.68. The average molecular weight is 229 g/mol. The van der Waals surface area contributed by atoms with Crippen LogP contribution in [0, 0.1) is 0 Å². The summed E-state index contributed by atoms with van der Waals surface area (Å²) in [6, 6.07) is 8.56. The summed E-state index contributed by atoms with van der Waals surface area (Å²) in [5.74, 6) is 1.76. The summed E-state index contributed by atoms with van der Waals surface area (Å²) < 4.78 is 5.34. The molecule has 0 amide bonds. The molecule has 1 heterocycles. The number of pyridine rings is 1. The van der Waals surface area contributed by atoms with Gasteiger partial charge >= 0.3 is 0 Å². The summed E-state index contributed by atoms with van der Waals surface area (Å²) in [6.07, 6.45) is 2.81. The molecule has 1 aliphatic carbocycles. The highest BCUT2D eigenvalue weighted by Gasteiger charge is 2.33. The molecule has 2 aromatic rings. The molecular formula is C13H15N3O. The van der Waals surface area contributed by atoms with E-state index in [4.69, 9.17) is 10.5 Å². The van der Waals surface area contributed by atoms with Crippen molar-refractivity contribution in [3.05, 3.63) is 30.5 Å². The monoisotopic (exact) mass is 229 g/mol. The van der Waals surface area contributed by atoms with Gasteiger partial charge in [-0.1, -0.05) is 12.1 Å². The maximum absolute atomic E-state index is 5.80. The second-order valence-corrected chi connectivity index (χ2v) is 4.37. The molecule has 88 valence electrons. The lowest BCUT2D eigenvalue weighted by Gasteiger charge is -2.10. The topological polar surface area (TPSA) is 60.2 Å². The number of benzene rings is 1. The van der Waals surface area contributed by atoms with Crippen molar-refractivity contribution in [1.29, 1.82) is 0 Å². The fourth-order valence-electron chi connectivity index (χ4n) is 2.03. The molecule has 1 saturated carbocycles. The lowest BCUT2D eigenvalue weighted by Crippen LogP contribution is -2.14. The van der Waals surface area contributed by atoms with Gasteiger partial charge in [-0.05, 0) is 18.6 Å². The second kappa shape index (κ2) is 3.89. The molecule has 1 aliphatic rings. The van der Waals surface area contributed by atoms with Crippen molar-refractivity contribution in [1.82, 2.24) is 4.98 Å². The molecule has 4 nitrogen and oxygen atoms in total. The van der Waals surface area contributed by atoms with Gasteiger partial charge in [0.25, 0.3) is 0 Å². The van der Waals surface area contributed by atoms with Gasteiger partial charge in [-0.15, -0.1) is 0 Å². The molecule has 0 aliphatic heterocycles. The molecular weight excluding hydrogens is 214 g/mol. The van der Waals surface area contributed by atoms with E-state index in [1.165, 1.54) is 0 Å². The number of methoxy groups -OCH3 is 1. The number of hydrogen-bond acceptors (Lipinski definition) is 4. The van der Waals surface area contributed by atoms with Crippen LogP contribution in [0.4, 0.5) is 5.82 Å². The number of anilines is 1. The summed E-state index contributed by atoms with van der Waals surface area (Å²) in [5, 5.41) is 5.51. The Hall–Kier alpha value is -1.81. The smallest absolute Gasteiger partial charge is 0.134 e. The Bertz CT molecular complexity index is 555. The van der Waals surface area contributed by atoms with Crippen LogP contribution in [0.2, 0.25) is 0 Å². The lowest BCUT2D eigenvalue weighted by atomic mass is 10.1. The lowest BCUT2D eigenvalue weighted by molar-refractivity contribution is 0.420. The third kappa shape index (κ3) is 1.80. The Labute approximate surface area is 99.8 Å². The van der Waals surface area contributed by atoms with Crippen LogP contribution in [0.25, 0.3) is 10.8 Å². The van der Waals surface area contributed by atoms with Gasteiger partial charge in [0.1, 0.15) is 11.6 Å². The first-order chi connectivity index (χ1) is 8.29. The Morgan fingerprint density at radius 1 is 1.35 bits per heavy atom. The van der Waals surface area contributed by atoms with Crippen LogP contribution in [0.15, 0.2) is 30.5 Å². The van der Waals surface area contributed by atoms with E-state index in [-0.39, 0.29) is 6.04 Å². The highest BCUT2D eigenvalue weighted by atomic mass is 16.5. The molecule has 4 heteroatoms. The molecule has 1 aromatic carbocycles. The Kier molecular flexibility index (Phi) is 2.37. The van der Waals surface area contributed by atoms with Gasteiger partial charge in [-0.3, -0.25) is 0 Å². The minimum atomic E-state index is 0.262. The molecule has 0 spiro atoms. The van der Waals surface area contributed by atoms with Crippen molar-refractivity contribution in [2.75, 3.05) is 12.4 Å². The molecule has 0 radical (unpaired) electrons. The van der Waals surface area contributed by atoms with Gasteiger partial charge in [0, 0.05) is 29.1 Å². The van der Waals surface area contributed by atoms with E-state index in [0.29, 0.717) is 6.04 Å². The molecule has 2 atom stereocenters.